The zero-order valence-electron chi connectivity index (χ0n) is 10.7. The monoisotopic (exact) mass is 225 g/mol. The SMILES string of the molecule is CCC=O.CNC1=CC(CN)=CC(C)N1C. The summed E-state index contributed by atoms with van der Waals surface area (Å²) < 4.78 is 0. The molecule has 0 amide bonds. The van der Waals surface area contributed by atoms with Gasteiger partial charge in [-0.2, -0.15) is 0 Å². The van der Waals surface area contributed by atoms with Crippen LogP contribution in [-0.2, 0) is 4.79 Å². The van der Waals surface area contributed by atoms with Gasteiger partial charge in [0, 0.05) is 33.1 Å². The summed E-state index contributed by atoms with van der Waals surface area (Å²) in [5.41, 5.74) is 6.77. The number of hydrogen-bond acceptors (Lipinski definition) is 4. The maximum absolute atomic E-state index is 9.17. The summed E-state index contributed by atoms with van der Waals surface area (Å²) in [4.78, 5) is 11.4. The summed E-state index contributed by atoms with van der Waals surface area (Å²) in [6, 6.07) is 0.427. The van der Waals surface area contributed by atoms with Crippen molar-refractivity contribution in [3.8, 4) is 0 Å². The van der Waals surface area contributed by atoms with Crippen LogP contribution < -0.4 is 11.1 Å². The maximum atomic E-state index is 9.17. The van der Waals surface area contributed by atoms with E-state index < -0.39 is 0 Å². The van der Waals surface area contributed by atoms with E-state index in [1.165, 1.54) is 5.57 Å². The third kappa shape index (κ3) is 4.49. The topological polar surface area (TPSA) is 58.4 Å². The van der Waals surface area contributed by atoms with Gasteiger partial charge in [-0.15, -0.1) is 0 Å². The predicted molar refractivity (Wildman–Crippen MR) is 67.9 cm³/mol. The number of aldehydes is 1. The fourth-order valence-corrected chi connectivity index (χ4v) is 1.34. The molecule has 0 radical (unpaired) electrons. The zero-order chi connectivity index (χ0) is 12.6. The summed E-state index contributed by atoms with van der Waals surface area (Å²) in [7, 11) is 3.99. The first kappa shape index (κ1) is 14.7. The highest BCUT2D eigenvalue weighted by atomic mass is 16.1. The van der Waals surface area contributed by atoms with Crippen LogP contribution in [0.5, 0.6) is 0 Å². The van der Waals surface area contributed by atoms with Crippen molar-refractivity contribution in [3.63, 3.8) is 0 Å². The van der Waals surface area contributed by atoms with Gasteiger partial charge < -0.3 is 20.7 Å². The Balaban J connectivity index is 0.000000487. The normalized spacial score (nSPS) is 19.1. The van der Waals surface area contributed by atoms with Crippen molar-refractivity contribution in [2.45, 2.75) is 26.3 Å². The van der Waals surface area contributed by atoms with Crippen LogP contribution in [0.25, 0.3) is 0 Å². The van der Waals surface area contributed by atoms with Crippen LogP contribution in [0.2, 0.25) is 0 Å². The Morgan fingerprint density at radius 1 is 1.62 bits per heavy atom. The van der Waals surface area contributed by atoms with E-state index in [0.717, 1.165) is 12.1 Å². The number of likely N-dealkylation sites (N-methyl/N-ethyl adjacent to an activating group) is 1. The molecule has 1 aliphatic rings. The van der Waals surface area contributed by atoms with Crippen molar-refractivity contribution in [1.82, 2.24) is 10.2 Å². The van der Waals surface area contributed by atoms with Crippen LogP contribution in [0.15, 0.2) is 23.5 Å². The molecule has 1 unspecified atom stereocenters. The van der Waals surface area contributed by atoms with E-state index >= 15 is 0 Å². The van der Waals surface area contributed by atoms with Gasteiger partial charge in [0.1, 0.15) is 12.1 Å². The van der Waals surface area contributed by atoms with Gasteiger partial charge in [-0.05, 0) is 18.6 Å². The highest BCUT2D eigenvalue weighted by Gasteiger charge is 2.14. The number of rotatable bonds is 3. The minimum Gasteiger partial charge on any atom is -0.375 e. The molecule has 3 N–H and O–H groups in total. The first-order valence-corrected chi connectivity index (χ1v) is 5.57. The lowest BCUT2D eigenvalue weighted by molar-refractivity contribution is -0.107. The van der Waals surface area contributed by atoms with Gasteiger partial charge in [0.2, 0.25) is 0 Å². The second-order valence-electron chi connectivity index (χ2n) is 3.65. The number of nitrogens with one attached hydrogen (secondary N) is 1. The van der Waals surface area contributed by atoms with Crippen LogP contribution in [-0.4, -0.2) is 37.9 Å². The lowest BCUT2D eigenvalue weighted by Crippen LogP contribution is -2.35. The predicted octanol–water partition coefficient (Wildman–Crippen LogP) is 0.861. The van der Waals surface area contributed by atoms with Gasteiger partial charge in [-0.3, -0.25) is 0 Å². The summed E-state index contributed by atoms with van der Waals surface area (Å²) in [5, 5.41) is 3.14. The molecule has 0 aromatic heterocycles. The Morgan fingerprint density at radius 3 is 2.56 bits per heavy atom. The summed E-state index contributed by atoms with van der Waals surface area (Å²) >= 11 is 0. The van der Waals surface area contributed by atoms with Crippen molar-refractivity contribution in [2.75, 3.05) is 20.6 Å². The molecule has 4 nitrogen and oxygen atoms in total. The number of nitrogens with two attached hydrogens (primary N) is 1. The Morgan fingerprint density at radius 2 is 2.19 bits per heavy atom. The van der Waals surface area contributed by atoms with E-state index in [-0.39, 0.29) is 0 Å². The molecule has 1 heterocycles. The molecule has 0 saturated carbocycles. The average molecular weight is 225 g/mol. The molecule has 0 bridgehead atoms. The van der Waals surface area contributed by atoms with Gasteiger partial charge in [-0.25, -0.2) is 0 Å². The van der Waals surface area contributed by atoms with Crippen LogP contribution in [0.3, 0.4) is 0 Å². The lowest BCUT2D eigenvalue weighted by atomic mass is 10.1. The van der Waals surface area contributed by atoms with Crippen molar-refractivity contribution >= 4 is 6.29 Å². The van der Waals surface area contributed by atoms with Crippen molar-refractivity contribution < 1.29 is 4.79 Å². The quantitative estimate of drug-likeness (QED) is 0.700. The summed E-state index contributed by atoms with van der Waals surface area (Å²) in [5.74, 6) is 1.13. The molecule has 92 valence electrons. The first-order valence-electron chi connectivity index (χ1n) is 5.57. The fourth-order valence-electron chi connectivity index (χ4n) is 1.34. The standard InChI is InChI=1S/C9H17N3.C3H6O/c1-7-4-8(6-10)5-9(11-2)12(7)3;1-2-3-4/h4-5,7,11H,6,10H2,1-3H3;3H,2H2,1H3. The van der Waals surface area contributed by atoms with E-state index in [1.54, 1.807) is 0 Å². The molecular formula is C12H23N3O. The fraction of sp³-hybridized carbons (Fsp3) is 0.583. The highest BCUT2D eigenvalue weighted by molar-refractivity contribution is 5.48. The Bertz CT molecular complexity index is 271. The second kappa shape index (κ2) is 7.93. The summed E-state index contributed by atoms with van der Waals surface area (Å²) in [6.45, 7) is 4.58. The van der Waals surface area contributed by atoms with Crippen molar-refractivity contribution in [2.24, 2.45) is 5.73 Å². The number of nitrogens with zero attached hydrogens (tertiary/aromatic N) is 1. The van der Waals surface area contributed by atoms with Gasteiger partial charge in [0.05, 0.1) is 0 Å². The highest BCUT2D eigenvalue weighted by Crippen LogP contribution is 2.15. The Hall–Kier alpha value is -1.29. The van der Waals surface area contributed by atoms with Crippen LogP contribution in [0.4, 0.5) is 0 Å². The van der Waals surface area contributed by atoms with Gasteiger partial charge >= 0.3 is 0 Å². The van der Waals surface area contributed by atoms with Crippen molar-refractivity contribution in [1.29, 1.82) is 0 Å². The Labute approximate surface area is 98.2 Å². The summed E-state index contributed by atoms with van der Waals surface area (Å²) in [6.07, 6.45) is 5.78. The first-order chi connectivity index (χ1) is 7.60. The van der Waals surface area contributed by atoms with Crippen LogP contribution >= 0.6 is 0 Å². The van der Waals surface area contributed by atoms with E-state index in [1.807, 2.05) is 14.0 Å². The molecule has 1 atom stereocenters. The lowest BCUT2D eigenvalue weighted by Gasteiger charge is -2.31. The maximum Gasteiger partial charge on any atom is 0.119 e. The average Bonchev–Trinajstić information content (AvgIpc) is 2.32. The number of carbonyl (C=O) groups excluding carboxylic acids is 1. The molecule has 4 heteroatoms. The van der Waals surface area contributed by atoms with Gasteiger partial charge in [0.15, 0.2) is 0 Å². The third-order valence-corrected chi connectivity index (χ3v) is 2.43. The zero-order valence-corrected chi connectivity index (χ0v) is 10.7. The molecule has 16 heavy (non-hydrogen) atoms. The van der Waals surface area contributed by atoms with Gasteiger partial charge in [-0.1, -0.05) is 13.0 Å². The Kier molecular flexibility index (Phi) is 7.29. The molecular weight excluding hydrogens is 202 g/mol. The van der Waals surface area contributed by atoms with Crippen LogP contribution in [0, 0.1) is 0 Å². The molecule has 0 spiro atoms. The van der Waals surface area contributed by atoms with E-state index in [9.17, 15) is 4.79 Å². The number of carbonyl (C=O) groups is 1. The molecule has 0 aliphatic carbocycles. The smallest absolute Gasteiger partial charge is 0.119 e. The molecule has 1 aliphatic heterocycles. The minimum atomic E-state index is 0.427. The van der Waals surface area contributed by atoms with E-state index in [0.29, 0.717) is 19.0 Å². The number of hydrogen-bond donors (Lipinski definition) is 2. The van der Waals surface area contributed by atoms with Crippen LogP contribution in [0.1, 0.15) is 20.3 Å². The minimum absolute atomic E-state index is 0.427. The van der Waals surface area contributed by atoms with Gasteiger partial charge in [0.25, 0.3) is 0 Å². The molecule has 0 aromatic carbocycles. The van der Waals surface area contributed by atoms with E-state index in [4.69, 9.17) is 5.73 Å². The molecule has 0 aromatic rings. The third-order valence-electron chi connectivity index (χ3n) is 2.43. The molecule has 0 saturated heterocycles. The second-order valence-corrected chi connectivity index (χ2v) is 3.65. The largest absolute Gasteiger partial charge is 0.375 e. The molecule has 1 rings (SSSR count). The molecule has 0 fully saturated rings. The van der Waals surface area contributed by atoms with Crippen molar-refractivity contribution in [3.05, 3.63) is 23.5 Å². The van der Waals surface area contributed by atoms with E-state index in [2.05, 4.69) is 36.3 Å².